The van der Waals surface area contributed by atoms with Crippen LogP contribution < -0.4 is 0 Å². The average molecular weight is 174 g/mol. The van der Waals surface area contributed by atoms with E-state index in [9.17, 15) is 4.79 Å². The van der Waals surface area contributed by atoms with Gasteiger partial charge in [-0.2, -0.15) is 0 Å². The van der Waals surface area contributed by atoms with E-state index in [0.29, 0.717) is 11.5 Å². The molecule has 0 saturated heterocycles. The minimum atomic E-state index is 0.420. The number of hydrogen-bond acceptors (Lipinski definition) is 4. The molecule has 13 heavy (non-hydrogen) atoms. The van der Waals surface area contributed by atoms with Crippen molar-refractivity contribution in [2.45, 2.75) is 0 Å². The SMILES string of the molecule is O=Cc1cccc(-c2nnco2)c1. The second-order valence-electron chi connectivity index (χ2n) is 2.49. The molecule has 0 amide bonds. The number of aldehydes is 1. The van der Waals surface area contributed by atoms with Gasteiger partial charge in [0.05, 0.1) is 0 Å². The molecule has 4 nitrogen and oxygen atoms in total. The molecule has 0 spiro atoms. The smallest absolute Gasteiger partial charge is 0.247 e. The molecular weight excluding hydrogens is 168 g/mol. The van der Waals surface area contributed by atoms with E-state index < -0.39 is 0 Å². The van der Waals surface area contributed by atoms with Gasteiger partial charge >= 0.3 is 0 Å². The first-order valence-corrected chi connectivity index (χ1v) is 3.72. The zero-order valence-corrected chi connectivity index (χ0v) is 6.68. The Kier molecular flexibility index (Phi) is 1.88. The molecule has 0 unspecified atom stereocenters. The molecule has 0 aliphatic carbocycles. The molecule has 0 radical (unpaired) electrons. The van der Waals surface area contributed by atoms with Crippen LogP contribution in [0.25, 0.3) is 11.5 Å². The fraction of sp³-hybridized carbons (Fsp3) is 0. The molecule has 1 heterocycles. The largest absolute Gasteiger partial charge is 0.423 e. The molecule has 0 atom stereocenters. The number of hydrogen-bond donors (Lipinski definition) is 0. The third kappa shape index (κ3) is 1.46. The summed E-state index contributed by atoms with van der Waals surface area (Å²) in [6.45, 7) is 0. The van der Waals surface area contributed by atoms with Crippen LogP contribution in [0, 0.1) is 0 Å². The Hall–Kier alpha value is -1.97. The van der Waals surface area contributed by atoms with E-state index in [0.717, 1.165) is 11.8 Å². The molecule has 4 heteroatoms. The Labute approximate surface area is 74.2 Å². The fourth-order valence-corrected chi connectivity index (χ4v) is 1.04. The van der Waals surface area contributed by atoms with Gasteiger partial charge in [0.25, 0.3) is 0 Å². The maximum absolute atomic E-state index is 10.5. The summed E-state index contributed by atoms with van der Waals surface area (Å²) in [6.07, 6.45) is 2.03. The van der Waals surface area contributed by atoms with Gasteiger partial charge in [0, 0.05) is 11.1 Å². The minimum Gasteiger partial charge on any atom is -0.423 e. The van der Waals surface area contributed by atoms with E-state index >= 15 is 0 Å². The van der Waals surface area contributed by atoms with Crippen LogP contribution in [-0.2, 0) is 0 Å². The highest BCUT2D eigenvalue weighted by Crippen LogP contribution is 2.16. The van der Waals surface area contributed by atoms with Crippen LogP contribution in [0.5, 0.6) is 0 Å². The second-order valence-corrected chi connectivity index (χ2v) is 2.49. The third-order valence-electron chi connectivity index (χ3n) is 1.63. The van der Waals surface area contributed by atoms with Crippen molar-refractivity contribution < 1.29 is 9.21 Å². The lowest BCUT2D eigenvalue weighted by Crippen LogP contribution is -1.82. The first kappa shape index (κ1) is 7.67. The Morgan fingerprint density at radius 1 is 1.38 bits per heavy atom. The Balaban J connectivity index is 2.47. The zero-order chi connectivity index (χ0) is 9.10. The normalized spacial score (nSPS) is 9.85. The molecule has 64 valence electrons. The van der Waals surface area contributed by atoms with E-state index in [-0.39, 0.29) is 0 Å². The van der Waals surface area contributed by atoms with Crippen molar-refractivity contribution in [3.05, 3.63) is 36.2 Å². The van der Waals surface area contributed by atoms with E-state index in [2.05, 4.69) is 10.2 Å². The van der Waals surface area contributed by atoms with Gasteiger partial charge in [0.1, 0.15) is 6.29 Å². The van der Waals surface area contributed by atoms with Crippen molar-refractivity contribution in [2.75, 3.05) is 0 Å². The second kappa shape index (κ2) is 3.18. The molecule has 0 bridgehead atoms. The number of nitrogens with zero attached hydrogens (tertiary/aromatic N) is 2. The molecule has 1 aromatic carbocycles. The lowest BCUT2D eigenvalue weighted by atomic mass is 10.1. The van der Waals surface area contributed by atoms with Crippen LogP contribution in [0.1, 0.15) is 10.4 Å². The number of carbonyl (C=O) groups is 1. The highest BCUT2D eigenvalue weighted by molar-refractivity contribution is 5.77. The summed E-state index contributed by atoms with van der Waals surface area (Å²) in [5, 5.41) is 7.28. The zero-order valence-electron chi connectivity index (χ0n) is 6.68. The van der Waals surface area contributed by atoms with E-state index in [1.807, 2.05) is 0 Å². The average Bonchev–Trinajstić information content (AvgIpc) is 2.71. The summed E-state index contributed by atoms with van der Waals surface area (Å²) in [5.74, 6) is 0.420. The lowest BCUT2D eigenvalue weighted by molar-refractivity contribution is 0.112. The van der Waals surface area contributed by atoms with Crippen molar-refractivity contribution in [1.82, 2.24) is 10.2 Å². The predicted octanol–water partition coefficient (Wildman–Crippen LogP) is 1.55. The summed E-state index contributed by atoms with van der Waals surface area (Å²) in [4.78, 5) is 10.5. The number of aromatic nitrogens is 2. The minimum absolute atomic E-state index is 0.420. The highest BCUT2D eigenvalue weighted by Gasteiger charge is 2.02. The summed E-state index contributed by atoms with van der Waals surface area (Å²) >= 11 is 0. The van der Waals surface area contributed by atoms with Gasteiger partial charge in [-0.1, -0.05) is 12.1 Å². The molecule has 0 saturated carbocycles. The number of carbonyl (C=O) groups excluding carboxylic acids is 1. The number of rotatable bonds is 2. The van der Waals surface area contributed by atoms with Gasteiger partial charge in [-0.3, -0.25) is 4.79 Å². The maximum atomic E-state index is 10.5. The lowest BCUT2D eigenvalue weighted by Gasteiger charge is -1.94. The molecule has 0 fully saturated rings. The number of benzene rings is 1. The first-order chi connectivity index (χ1) is 6.40. The Morgan fingerprint density at radius 3 is 3.00 bits per heavy atom. The van der Waals surface area contributed by atoms with Gasteiger partial charge in [-0.25, -0.2) is 0 Å². The van der Waals surface area contributed by atoms with E-state index in [4.69, 9.17) is 4.42 Å². The summed E-state index contributed by atoms with van der Waals surface area (Å²) in [6, 6.07) is 6.98. The van der Waals surface area contributed by atoms with Gasteiger partial charge in [0.15, 0.2) is 0 Å². The standard InChI is InChI=1S/C9H6N2O2/c12-5-7-2-1-3-8(4-7)9-11-10-6-13-9/h1-6H. The van der Waals surface area contributed by atoms with Crippen LogP contribution in [0.3, 0.4) is 0 Å². The predicted molar refractivity (Wildman–Crippen MR) is 45.1 cm³/mol. The van der Waals surface area contributed by atoms with Crippen molar-refractivity contribution >= 4 is 6.29 Å². The van der Waals surface area contributed by atoms with Gasteiger partial charge < -0.3 is 4.42 Å². The van der Waals surface area contributed by atoms with Crippen LogP contribution in [0.2, 0.25) is 0 Å². The molecule has 1 aromatic heterocycles. The molecule has 0 aliphatic rings. The van der Waals surface area contributed by atoms with Crippen molar-refractivity contribution in [1.29, 1.82) is 0 Å². The quantitative estimate of drug-likeness (QED) is 0.648. The van der Waals surface area contributed by atoms with Crippen molar-refractivity contribution in [3.63, 3.8) is 0 Å². The molecule has 2 aromatic rings. The fourth-order valence-electron chi connectivity index (χ4n) is 1.04. The molecular formula is C9H6N2O2. The van der Waals surface area contributed by atoms with Crippen molar-refractivity contribution in [3.8, 4) is 11.5 Å². The highest BCUT2D eigenvalue weighted by atomic mass is 16.4. The van der Waals surface area contributed by atoms with E-state index in [1.165, 1.54) is 6.39 Å². The molecule has 2 rings (SSSR count). The topological polar surface area (TPSA) is 56.0 Å². The molecule has 0 N–H and O–H groups in total. The van der Waals surface area contributed by atoms with Crippen LogP contribution in [0.15, 0.2) is 35.1 Å². The maximum Gasteiger partial charge on any atom is 0.247 e. The first-order valence-electron chi connectivity index (χ1n) is 3.72. The van der Waals surface area contributed by atoms with Gasteiger partial charge in [0.2, 0.25) is 12.3 Å². The van der Waals surface area contributed by atoms with Gasteiger partial charge in [-0.05, 0) is 12.1 Å². The van der Waals surface area contributed by atoms with Crippen LogP contribution in [0.4, 0.5) is 0 Å². The molecule has 0 aliphatic heterocycles. The summed E-state index contributed by atoms with van der Waals surface area (Å²) < 4.78 is 4.98. The summed E-state index contributed by atoms with van der Waals surface area (Å²) in [5.41, 5.74) is 1.35. The monoisotopic (exact) mass is 174 g/mol. The van der Waals surface area contributed by atoms with Gasteiger partial charge in [-0.15, -0.1) is 10.2 Å². The third-order valence-corrected chi connectivity index (χ3v) is 1.63. The van der Waals surface area contributed by atoms with E-state index in [1.54, 1.807) is 24.3 Å². The van der Waals surface area contributed by atoms with Crippen LogP contribution >= 0.6 is 0 Å². The Morgan fingerprint density at radius 2 is 2.31 bits per heavy atom. The Bertz CT molecular complexity index is 409. The van der Waals surface area contributed by atoms with Crippen LogP contribution in [-0.4, -0.2) is 16.5 Å². The summed E-state index contributed by atoms with van der Waals surface area (Å²) in [7, 11) is 0. The van der Waals surface area contributed by atoms with Crippen molar-refractivity contribution in [2.24, 2.45) is 0 Å².